The van der Waals surface area contributed by atoms with Gasteiger partial charge in [0, 0.05) is 6.21 Å². The van der Waals surface area contributed by atoms with E-state index in [-0.39, 0.29) is 0 Å². The quantitative estimate of drug-likeness (QED) is 0.757. The van der Waals surface area contributed by atoms with Gasteiger partial charge in [-0.15, -0.1) is 0 Å². The number of rotatable bonds is 4. The molecule has 0 aliphatic heterocycles. The zero-order valence-corrected chi connectivity index (χ0v) is 10.1. The van der Waals surface area contributed by atoms with E-state index < -0.39 is 0 Å². The van der Waals surface area contributed by atoms with Gasteiger partial charge in [-0.05, 0) is 35.1 Å². The molecule has 0 radical (unpaired) electrons. The molecule has 1 atom stereocenters. The summed E-state index contributed by atoms with van der Waals surface area (Å²) in [5, 5.41) is 7.28. The average Bonchev–Trinajstić information content (AvgIpc) is 2.40. The van der Waals surface area contributed by atoms with E-state index >= 15 is 0 Å². The Balaban J connectivity index is 2.14. The zero-order valence-electron chi connectivity index (χ0n) is 10.1. The van der Waals surface area contributed by atoms with E-state index in [4.69, 9.17) is 5.41 Å². The van der Waals surface area contributed by atoms with Crippen LogP contribution in [0.15, 0.2) is 54.6 Å². The van der Waals surface area contributed by atoms with Crippen molar-refractivity contribution in [2.45, 2.75) is 19.3 Å². The van der Waals surface area contributed by atoms with E-state index in [1.54, 1.807) is 0 Å². The minimum absolute atomic E-state index is 0.484. The average molecular weight is 223 g/mol. The lowest BCUT2D eigenvalue weighted by molar-refractivity contribution is 0.759. The van der Waals surface area contributed by atoms with E-state index in [0.29, 0.717) is 5.92 Å². The molecule has 0 aliphatic carbocycles. The van der Waals surface area contributed by atoms with Gasteiger partial charge in [0.1, 0.15) is 0 Å². The maximum absolute atomic E-state index is 7.28. The molecule has 0 aromatic heterocycles. The molecule has 1 heteroatoms. The van der Waals surface area contributed by atoms with Crippen LogP contribution in [-0.4, -0.2) is 6.21 Å². The fourth-order valence-corrected chi connectivity index (χ4v) is 2.04. The fourth-order valence-electron chi connectivity index (χ4n) is 2.04. The van der Waals surface area contributed by atoms with Gasteiger partial charge in [-0.2, -0.15) is 0 Å². The molecule has 0 aliphatic rings. The maximum atomic E-state index is 7.28. The van der Waals surface area contributed by atoms with Crippen molar-refractivity contribution >= 4 is 6.21 Å². The fraction of sp³-hybridized carbons (Fsp3) is 0.188. The molecule has 0 heterocycles. The van der Waals surface area contributed by atoms with Gasteiger partial charge in [-0.3, -0.25) is 0 Å². The third-order valence-corrected chi connectivity index (χ3v) is 3.03. The van der Waals surface area contributed by atoms with Gasteiger partial charge in [0.25, 0.3) is 0 Å². The van der Waals surface area contributed by atoms with Crippen LogP contribution >= 0.6 is 0 Å². The van der Waals surface area contributed by atoms with E-state index in [9.17, 15) is 0 Å². The van der Waals surface area contributed by atoms with Gasteiger partial charge in [0.15, 0.2) is 0 Å². The summed E-state index contributed by atoms with van der Waals surface area (Å²) >= 11 is 0. The number of nitrogens with one attached hydrogen (secondary N) is 1. The Labute approximate surface area is 103 Å². The third-order valence-electron chi connectivity index (χ3n) is 3.03. The molecule has 1 unspecified atom stereocenters. The molecule has 1 nitrogen and oxygen atoms in total. The highest BCUT2D eigenvalue weighted by atomic mass is 14.3. The number of benzene rings is 2. The predicted octanol–water partition coefficient (Wildman–Crippen LogP) is 4.03. The number of hydrogen-bond acceptors (Lipinski definition) is 1. The molecule has 0 amide bonds. The predicted molar refractivity (Wildman–Crippen MR) is 72.9 cm³/mol. The largest absolute Gasteiger partial charge is 0.308 e. The zero-order chi connectivity index (χ0) is 12.1. The first-order valence-corrected chi connectivity index (χ1v) is 5.94. The lowest BCUT2D eigenvalue weighted by Crippen LogP contribution is -1.99. The molecule has 2 aromatic rings. The van der Waals surface area contributed by atoms with Crippen LogP contribution in [0.5, 0.6) is 0 Å². The second kappa shape index (κ2) is 5.44. The summed E-state index contributed by atoms with van der Waals surface area (Å²) in [5.41, 5.74) is 3.64. The maximum Gasteiger partial charge on any atom is 0.0250 e. The van der Waals surface area contributed by atoms with Crippen LogP contribution < -0.4 is 0 Å². The molecule has 0 spiro atoms. The van der Waals surface area contributed by atoms with Gasteiger partial charge in [-0.25, -0.2) is 0 Å². The highest BCUT2D eigenvalue weighted by Gasteiger charge is 2.06. The normalized spacial score (nSPS) is 12.1. The van der Waals surface area contributed by atoms with Crippen molar-refractivity contribution < 1.29 is 0 Å². The van der Waals surface area contributed by atoms with Crippen molar-refractivity contribution in [3.05, 3.63) is 71.3 Å². The lowest BCUT2D eigenvalue weighted by atomic mass is 9.93. The van der Waals surface area contributed by atoms with Crippen LogP contribution in [0.25, 0.3) is 0 Å². The molecule has 17 heavy (non-hydrogen) atoms. The summed E-state index contributed by atoms with van der Waals surface area (Å²) < 4.78 is 0. The third kappa shape index (κ3) is 3.04. The molecule has 0 fully saturated rings. The topological polar surface area (TPSA) is 23.9 Å². The standard InChI is InChI=1S/C16H17N/c1-13(10-14-6-3-2-4-7-14)16-9-5-8-15(11-16)12-17/h2-9,11-13,17H,10H2,1H3. The van der Waals surface area contributed by atoms with Crippen molar-refractivity contribution in [3.63, 3.8) is 0 Å². The van der Waals surface area contributed by atoms with Crippen LogP contribution in [0.4, 0.5) is 0 Å². The molecular formula is C16H17N. The Morgan fingerprint density at radius 2 is 1.82 bits per heavy atom. The van der Waals surface area contributed by atoms with Crippen LogP contribution in [0.3, 0.4) is 0 Å². The van der Waals surface area contributed by atoms with Crippen molar-refractivity contribution in [3.8, 4) is 0 Å². The molecule has 0 saturated carbocycles. The monoisotopic (exact) mass is 223 g/mol. The summed E-state index contributed by atoms with van der Waals surface area (Å²) in [7, 11) is 0. The Bertz CT molecular complexity index is 488. The Kier molecular flexibility index (Phi) is 3.71. The highest BCUT2D eigenvalue weighted by molar-refractivity contribution is 5.77. The van der Waals surface area contributed by atoms with Gasteiger partial charge >= 0.3 is 0 Å². The molecule has 2 aromatic carbocycles. The Hall–Kier alpha value is -1.89. The summed E-state index contributed by atoms with van der Waals surface area (Å²) in [5.74, 6) is 0.484. The summed E-state index contributed by atoms with van der Waals surface area (Å²) in [6, 6.07) is 18.8. The molecule has 2 rings (SSSR count). The molecule has 1 N–H and O–H groups in total. The Morgan fingerprint density at radius 1 is 1.06 bits per heavy atom. The van der Waals surface area contributed by atoms with Gasteiger partial charge in [0.05, 0.1) is 0 Å². The second-order valence-corrected chi connectivity index (χ2v) is 4.41. The van der Waals surface area contributed by atoms with E-state index in [1.165, 1.54) is 17.3 Å². The van der Waals surface area contributed by atoms with Crippen LogP contribution in [0.2, 0.25) is 0 Å². The molecule has 0 bridgehead atoms. The van der Waals surface area contributed by atoms with Crippen LogP contribution in [-0.2, 0) is 6.42 Å². The summed E-state index contributed by atoms with van der Waals surface area (Å²) in [6.45, 7) is 2.23. The van der Waals surface area contributed by atoms with Crippen molar-refractivity contribution in [2.75, 3.05) is 0 Å². The molecule has 86 valence electrons. The smallest absolute Gasteiger partial charge is 0.0250 e. The minimum Gasteiger partial charge on any atom is -0.308 e. The van der Waals surface area contributed by atoms with E-state index in [1.807, 2.05) is 18.2 Å². The second-order valence-electron chi connectivity index (χ2n) is 4.41. The highest BCUT2D eigenvalue weighted by Crippen LogP contribution is 2.20. The van der Waals surface area contributed by atoms with Crippen molar-refractivity contribution in [1.82, 2.24) is 0 Å². The van der Waals surface area contributed by atoms with Crippen LogP contribution in [0.1, 0.15) is 29.5 Å². The van der Waals surface area contributed by atoms with Gasteiger partial charge in [-0.1, -0.05) is 55.5 Å². The molecule has 0 saturated heterocycles. The number of hydrogen-bond donors (Lipinski definition) is 1. The first kappa shape index (κ1) is 11.6. The van der Waals surface area contributed by atoms with Crippen molar-refractivity contribution in [2.24, 2.45) is 0 Å². The van der Waals surface area contributed by atoms with E-state index in [0.717, 1.165) is 12.0 Å². The minimum atomic E-state index is 0.484. The SMILES string of the molecule is CC(Cc1ccccc1)c1cccc(C=N)c1. The summed E-state index contributed by atoms with van der Waals surface area (Å²) in [4.78, 5) is 0. The first-order valence-electron chi connectivity index (χ1n) is 5.94. The van der Waals surface area contributed by atoms with Gasteiger partial charge in [0.2, 0.25) is 0 Å². The van der Waals surface area contributed by atoms with E-state index in [2.05, 4.69) is 43.3 Å². The van der Waals surface area contributed by atoms with Gasteiger partial charge < -0.3 is 5.41 Å². The molecular weight excluding hydrogens is 206 g/mol. The lowest BCUT2D eigenvalue weighted by Gasteiger charge is -2.12. The van der Waals surface area contributed by atoms with Crippen LogP contribution in [0, 0.1) is 5.41 Å². The Morgan fingerprint density at radius 3 is 2.53 bits per heavy atom. The summed E-state index contributed by atoms with van der Waals surface area (Å²) in [6.07, 6.45) is 2.45. The first-order chi connectivity index (χ1) is 8.29. The van der Waals surface area contributed by atoms with Crippen molar-refractivity contribution in [1.29, 1.82) is 5.41 Å².